The van der Waals surface area contributed by atoms with Crippen molar-refractivity contribution < 1.29 is 4.79 Å². The SMILES string of the molecule is CN(C(=O)c1cc(Cl)ncc1N)c1ccccc1C#N. The van der Waals surface area contributed by atoms with Gasteiger partial charge in [-0.15, -0.1) is 0 Å². The predicted octanol–water partition coefficient (Wildman–Crippen LogP) is 2.47. The van der Waals surface area contributed by atoms with E-state index in [0.29, 0.717) is 11.3 Å². The van der Waals surface area contributed by atoms with Gasteiger partial charge in [-0.3, -0.25) is 4.79 Å². The minimum Gasteiger partial charge on any atom is -0.397 e. The van der Waals surface area contributed by atoms with Gasteiger partial charge in [-0.25, -0.2) is 4.98 Å². The second-order valence-corrected chi connectivity index (χ2v) is 4.47. The summed E-state index contributed by atoms with van der Waals surface area (Å²) in [5.74, 6) is -0.352. The Bertz CT molecular complexity index is 709. The maximum atomic E-state index is 12.4. The third-order valence-electron chi connectivity index (χ3n) is 2.82. The third-order valence-corrected chi connectivity index (χ3v) is 3.03. The van der Waals surface area contributed by atoms with Gasteiger partial charge in [-0.2, -0.15) is 5.26 Å². The molecule has 0 saturated carbocycles. The standard InChI is InChI=1S/C14H11ClN4O/c1-19(12-5-3-2-4-9(12)7-16)14(20)10-6-13(15)18-8-11(10)17/h2-6,8H,17H2,1H3. The molecule has 0 aliphatic rings. The van der Waals surface area contributed by atoms with Crippen molar-refractivity contribution in [1.29, 1.82) is 5.26 Å². The summed E-state index contributed by atoms with van der Waals surface area (Å²) in [5.41, 5.74) is 7.14. The highest BCUT2D eigenvalue weighted by Gasteiger charge is 2.19. The van der Waals surface area contributed by atoms with Crippen molar-refractivity contribution >= 4 is 28.9 Å². The second kappa shape index (κ2) is 5.59. The Kier molecular flexibility index (Phi) is 3.87. The number of anilines is 2. The summed E-state index contributed by atoms with van der Waals surface area (Å²) in [4.78, 5) is 17.6. The molecule has 0 spiro atoms. The van der Waals surface area contributed by atoms with Gasteiger partial charge in [-0.1, -0.05) is 23.7 Å². The normalized spacial score (nSPS) is 9.85. The van der Waals surface area contributed by atoms with Crippen molar-refractivity contribution in [1.82, 2.24) is 4.98 Å². The Labute approximate surface area is 121 Å². The van der Waals surface area contributed by atoms with Gasteiger partial charge in [0, 0.05) is 7.05 Å². The van der Waals surface area contributed by atoms with Crippen LogP contribution in [0.15, 0.2) is 36.5 Å². The largest absolute Gasteiger partial charge is 0.397 e. The zero-order chi connectivity index (χ0) is 14.7. The number of halogens is 1. The van der Waals surface area contributed by atoms with Gasteiger partial charge >= 0.3 is 0 Å². The molecule has 100 valence electrons. The lowest BCUT2D eigenvalue weighted by atomic mass is 10.1. The molecule has 0 atom stereocenters. The maximum absolute atomic E-state index is 12.4. The molecule has 0 radical (unpaired) electrons. The molecule has 1 aromatic carbocycles. The molecule has 0 unspecified atom stereocenters. The molecular weight excluding hydrogens is 276 g/mol. The van der Waals surface area contributed by atoms with Gasteiger partial charge in [0.1, 0.15) is 11.2 Å². The highest BCUT2D eigenvalue weighted by molar-refractivity contribution is 6.30. The molecule has 20 heavy (non-hydrogen) atoms. The Morgan fingerprint density at radius 3 is 2.85 bits per heavy atom. The number of hydrogen-bond acceptors (Lipinski definition) is 4. The molecule has 0 bridgehead atoms. The number of nitrogens with two attached hydrogens (primary N) is 1. The van der Waals surface area contributed by atoms with Gasteiger partial charge in [-0.05, 0) is 18.2 Å². The van der Waals surface area contributed by atoms with Gasteiger partial charge in [0.25, 0.3) is 5.91 Å². The number of amides is 1. The molecule has 2 N–H and O–H groups in total. The molecule has 2 aromatic rings. The van der Waals surface area contributed by atoms with E-state index in [1.54, 1.807) is 31.3 Å². The molecule has 0 aliphatic carbocycles. The number of nitriles is 1. The summed E-state index contributed by atoms with van der Waals surface area (Å²) in [5, 5.41) is 9.26. The van der Waals surface area contributed by atoms with Crippen molar-refractivity contribution in [2.75, 3.05) is 17.7 Å². The van der Waals surface area contributed by atoms with Gasteiger partial charge in [0.05, 0.1) is 28.7 Å². The minimum absolute atomic E-state index is 0.185. The summed E-state index contributed by atoms with van der Waals surface area (Å²) in [6.45, 7) is 0. The van der Waals surface area contributed by atoms with E-state index in [1.165, 1.54) is 17.2 Å². The van der Waals surface area contributed by atoms with Crippen LogP contribution in [0, 0.1) is 11.3 Å². The zero-order valence-electron chi connectivity index (χ0n) is 10.7. The lowest BCUT2D eigenvalue weighted by Gasteiger charge is -2.19. The predicted molar refractivity (Wildman–Crippen MR) is 77.5 cm³/mol. The first-order chi connectivity index (χ1) is 9.54. The van der Waals surface area contributed by atoms with Crippen molar-refractivity contribution in [3.63, 3.8) is 0 Å². The average Bonchev–Trinajstić information content (AvgIpc) is 2.48. The van der Waals surface area contributed by atoms with Gasteiger partial charge in [0.2, 0.25) is 0 Å². The zero-order valence-corrected chi connectivity index (χ0v) is 11.4. The average molecular weight is 287 g/mol. The molecule has 2 rings (SSSR count). The van der Waals surface area contributed by atoms with Crippen LogP contribution in [0.2, 0.25) is 5.15 Å². The molecule has 6 heteroatoms. The third kappa shape index (κ3) is 2.56. The number of carbonyl (C=O) groups excluding carboxylic acids is 1. The molecule has 0 aliphatic heterocycles. The van der Waals surface area contributed by atoms with Crippen LogP contribution in [-0.2, 0) is 0 Å². The molecule has 5 nitrogen and oxygen atoms in total. The van der Waals surface area contributed by atoms with Crippen molar-refractivity contribution in [3.8, 4) is 6.07 Å². The van der Waals surface area contributed by atoms with Crippen molar-refractivity contribution in [2.45, 2.75) is 0 Å². The van der Waals surface area contributed by atoms with E-state index in [1.807, 2.05) is 6.07 Å². The van der Waals surface area contributed by atoms with E-state index in [-0.39, 0.29) is 22.3 Å². The Hall–Kier alpha value is -2.58. The number of hydrogen-bond donors (Lipinski definition) is 1. The highest BCUT2D eigenvalue weighted by atomic mass is 35.5. The smallest absolute Gasteiger partial charge is 0.260 e. The van der Waals surface area contributed by atoms with Crippen molar-refractivity contribution in [2.24, 2.45) is 0 Å². The van der Waals surface area contributed by atoms with E-state index in [2.05, 4.69) is 4.98 Å². The van der Waals surface area contributed by atoms with E-state index in [4.69, 9.17) is 22.6 Å². The highest BCUT2D eigenvalue weighted by Crippen LogP contribution is 2.23. The molecule has 0 saturated heterocycles. The van der Waals surface area contributed by atoms with E-state index in [9.17, 15) is 4.79 Å². The first-order valence-electron chi connectivity index (χ1n) is 5.72. The fraction of sp³-hybridized carbons (Fsp3) is 0.0714. The fourth-order valence-electron chi connectivity index (χ4n) is 1.78. The van der Waals surface area contributed by atoms with E-state index in [0.717, 1.165) is 0 Å². The summed E-state index contributed by atoms with van der Waals surface area (Å²) in [7, 11) is 1.58. The number of rotatable bonds is 2. The Balaban J connectivity index is 2.43. The minimum atomic E-state index is -0.352. The monoisotopic (exact) mass is 286 g/mol. The van der Waals surface area contributed by atoms with E-state index < -0.39 is 0 Å². The number of pyridine rings is 1. The second-order valence-electron chi connectivity index (χ2n) is 4.09. The maximum Gasteiger partial charge on any atom is 0.260 e. The number of nitrogen functional groups attached to an aromatic ring is 1. The Morgan fingerprint density at radius 2 is 2.15 bits per heavy atom. The molecule has 1 aromatic heterocycles. The number of aromatic nitrogens is 1. The quantitative estimate of drug-likeness (QED) is 0.860. The molecular formula is C14H11ClN4O. The van der Waals surface area contributed by atoms with Crippen LogP contribution in [0.3, 0.4) is 0 Å². The molecule has 0 fully saturated rings. The van der Waals surface area contributed by atoms with Crippen LogP contribution in [0.4, 0.5) is 11.4 Å². The van der Waals surface area contributed by atoms with Crippen LogP contribution < -0.4 is 10.6 Å². The van der Waals surface area contributed by atoms with Crippen LogP contribution >= 0.6 is 11.6 Å². The summed E-state index contributed by atoms with van der Waals surface area (Å²) < 4.78 is 0. The first-order valence-corrected chi connectivity index (χ1v) is 6.10. The Morgan fingerprint density at radius 1 is 1.45 bits per heavy atom. The number of para-hydroxylation sites is 1. The molecule has 1 heterocycles. The fourth-order valence-corrected chi connectivity index (χ4v) is 1.93. The van der Waals surface area contributed by atoms with Crippen LogP contribution in [0.1, 0.15) is 15.9 Å². The summed E-state index contributed by atoms with van der Waals surface area (Å²) in [6, 6.07) is 10.3. The first kappa shape index (κ1) is 13.8. The van der Waals surface area contributed by atoms with Gasteiger partial charge in [0.15, 0.2) is 0 Å². The van der Waals surface area contributed by atoms with Gasteiger partial charge < -0.3 is 10.6 Å². The number of nitrogens with zero attached hydrogens (tertiary/aromatic N) is 3. The van der Waals surface area contributed by atoms with Crippen LogP contribution in [-0.4, -0.2) is 17.9 Å². The van der Waals surface area contributed by atoms with Crippen LogP contribution in [0.25, 0.3) is 0 Å². The topological polar surface area (TPSA) is 83.0 Å². The summed E-state index contributed by atoms with van der Waals surface area (Å²) >= 11 is 5.78. The van der Waals surface area contributed by atoms with Crippen LogP contribution in [0.5, 0.6) is 0 Å². The van der Waals surface area contributed by atoms with Crippen molar-refractivity contribution in [3.05, 3.63) is 52.8 Å². The van der Waals surface area contributed by atoms with E-state index >= 15 is 0 Å². The summed E-state index contributed by atoms with van der Waals surface area (Å²) in [6.07, 6.45) is 1.33. The number of benzene rings is 1. The lowest BCUT2D eigenvalue weighted by Crippen LogP contribution is -2.27. The number of carbonyl (C=O) groups is 1. The lowest BCUT2D eigenvalue weighted by molar-refractivity contribution is 0.0993. The molecule has 1 amide bonds.